The second-order valence-electron chi connectivity index (χ2n) is 6.39. The summed E-state index contributed by atoms with van der Waals surface area (Å²) in [6, 6.07) is 6.96. The van der Waals surface area contributed by atoms with Crippen LogP contribution >= 0.6 is 23.4 Å². The van der Waals surface area contributed by atoms with Gasteiger partial charge in [-0.05, 0) is 38.1 Å². The minimum absolute atomic E-state index is 0.0358. The highest BCUT2D eigenvalue weighted by Crippen LogP contribution is 2.24. The van der Waals surface area contributed by atoms with Gasteiger partial charge in [0, 0.05) is 23.7 Å². The minimum Gasteiger partial charge on any atom is -0.455 e. The van der Waals surface area contributed by atoms with Gasteiger partial charge in [0.1, 0.15) is 5.75 Å². The molecule has 1 aromatic carbocycles. The van der Waals surface area contributed by atoms with Gasteiger partial charge in [-0.25, -0.2) is 0 Å². The molecule has 28 heavy (non-hydrogen) atoms. The van der Waals surface area contributed by atoms with Crippen LogP contribution in [0.3, 0.4) is 0 Å². The van der Waals surface area contributed by atoms with Gasteiger partial charge in [-0.1, -0.05) is 23.4 Å². The number of halogens is 1. The van der Waals surface area contributed by atoms with Crippen LogP contribution in [0.15, 0.2) is 33.9 Å². The molecule has 10 heteroatoms. The van der Waals surface area contributed by atoms with E-state index in [1.807, 2.05) is 13.8 Å². The lowest BCUT2D eigenvalue weighted by molar-refractivity contribution is -0.155. The number of carbonyl (C=O) groups is 2. The molecule has 0 bridgehead atoms. The van der Waals surface area contributed by atoms with Crippen molar-refractivity contribution in [3.8, 4) is 11.5 Å². The number of aromatic nitrogens is 2. The first-order valence-electron chi connectivity index (χ1n) is 8.72. The highest BCUT2D eigenvalue weighted by atomic mass is 35.5. The molecule has 1 aromatic heterocycles. The van der Waals surface area contributed by atoms with Crippen LogP contribution in [0.2, 0.25) is 5.02 Å². The molecule has 1 fully saturated rings. The maximum absolute atomic E-state index is 12.2. The van der Waals surface area contributed by atoms with Crippen molar-refractivity contribution in [3.05, 3.63) is 29.3 Å². The van der Waals surface area contributed by atoms with Crippen LogP contribution < -0.4 is 0 Å². The Kier molecular flexibility index (Phi) is 6.93. The molecule has 0 spiro atoms. The second-order valence-corrected chi connectivity index (χ2v) is 7.75. The van der Waals surface area contributed by atoms with Gasteiger partial charge in [0.05, 0.1) is 12.2 Å². The van der Waals surface area contributed by atoms with Crippen LogP contribution in [0.25, 0.3) is 11.5 Å². The molecule has 1 saturated heterocycles. The Bertz CT molecular complexity index is 819. The Labute approximate surface area is 171 Å². The molecule has 0 aliphatic carbocycles. The second kappa shape index (κ2) is 9.40. The number of rotatable bonds is 6. The average Bonchev–Trinajstić information content (AvgIpc) is 3.13. The van der Waals surface area contributed by atoms with Gasteiger partial charge in [-0.3, -0.25) is 9.59 Å². The normalized spacial score (nSPS) is 19.5. The Hall–Kier alpha value is -2.10. The molecule has 2 unspecified atom stereocenters. The van der Waals surface area contributed by atoms with Crippen molar-refractivity contribution in [2.75, 3.05) is 25.4 Å². The number of hydrogen-bond donors (Lipinski definition) is 0. The lowest BCUT2D eigenvalue weighted by Crippen LogP contribution is -2.49. The molecular formula is C18H20ClN3O5S. The maximum Gasteiger partial charge on any atom is 0.316 e. The van der Waals surface area contributed by atoms with Crippen molar-refractivity contribution >= 4 is 35.2 Å². The molecule has 3 rings (SSSR count). The standard InChI is InChI=1S/C18H20ClN3O5S/c1-11-7-22(8-12(2)26-11)15(23)9-25-16(24)10-28-18-21-20-17(27-18)13-3-5-14(19)6-4-13/h3-6,11-12H,7-10H2,1-2H3. The van der Waals surface area contributed by atoms with Gasteiger partial charge in [0.15, 0.2) is 6.61 Å². The summed E-state index contributed by atoms with van der Waals surface area (Å²) in [5.41, 5.74) is 0.728. The number of carbonyl (C=O) groups excluding carboxylic acids is 2. The van der Waals surface area contributed by atoms with Crippen molar-refractivity contribution < 1.29 is 23.5 Å². The predicted molar refractivity (Wildman–Crippen MR) is 103 cm³/mol. The van der Waals surface area contributed by atoms with E-state index in [0.29, 0.717) is 24.0 Å². The van der Waals surface area contributed by atoms with E-state index in [0.717, 1.165) is 17.3 Å². The first-order chi connectivity index (χ1) is 13.4. The monoisotopic (exact) mass is 425 g/mol. The van der Waals surface area contributed by atoms with Gasteiger partial charge in [0.2, 0.25) is 5.89 Å². The Morgan fingerprint density at radius 2 is 1.89 bits per heavy atom. The number of hydrogen-bond acceptors (Lipinski definition) is 8. The van der Waals surface area contributed by atoms with Crippen LogP contribution in [0.4, 0.5) is 0 Å². The molecule has 2 heterocycles. The summed E-state index contributed by atoms with van der Waals surface area (Å²) < 4.78 is 16.1. The molecule has 8 nitrogen and oxygen atoms in total. The molecule has 0 N–H and O–H groups in total. The van der Waals surface area contributed by atoms with E-state index >= 15 is 0 Å². The summed E-state index contributed by atoms with van der Waals surface area (Å²) in [7, 11) is 0. The summed E-state index contributed by atoms with van der Waals surface area (Å²) in [6.45, 7) is 4.50. The number of ether oxygens (including phenoxy) is 2. The van der Waals surface area contributed by atoms with E-state index in [1.165, 1.54) is 0 Å². The average molecular weight is 426 g/mol. The number of benzene rings is 1. The van der Waals surface area contributed by atoms with Crippen LogP contribution in [0, 0.1) is 0 Å². The third-order valence-corrected chi connectivity index (χ3v) is 4.98. The first-order valence-corrected chi connectivity index (χ1v) is 10.1. The number of nitrogens with zero attached hydrogens (tertiary/aromatic N) is 3. The molecule has 0 radical (unpaired) electrons. The summed E-state index contributed by atoms with van der Waals surface area (Å²) in [4.78, 5) is 25.7. The fraction of sp³-hybridized carbons (Fsp3) is 0.444. The minimum atomic E-state index is -0.529. The van der Waals surface area contributed by atoms with Gasteiger partial charge in [0.25, 0.3) is 11.1 Å². The lowest BCUT2D eigenvalue weighted by Gasteiger charge is -2.35. The highest BCUT2D eigenvalue weighted by molar-refractivity contribution is 7.99. The Morgan fingerprint density at radius 3 is 2.57 bits per heavy atom. The zero-order valence-electron chi connectivity index (χ0n) is 15.5. The Balaban J connectivity index is 1.43. The van der Waals surface area contributed by atoms with Crippen molar-refractivity contribution in [2.45, 2.75) is 31.3 Å². The van der Waals surface area contributed by atoms with Crippen LogP contribution in [-0.2, 0) is 19.1 Å². The fourth-order valence-corrected chi connectivity index (χ4v) is 3.44. The molecule has 2 atom stereocenters. The molecular weight excluding hydrogens is 406 g/mol. The van der Waals surface area contributed by atoms with Crippen molar-refractivity contribution in [1.29, 1.82) is 0 Å². The zero-order chi connectivity index (χ0) is 20.1. The largest absolute Gasteiger partial charge is 0.455 e. The topological polar surface area (TPSA) is 94.8 Å². The molecule has 0 saturated carbocycles. The molecule has 1 amide bonds. The molecule has 150 valence electrons. The zero-order valence-corrected chi connectivity index (χ0v) is 17.0. The quantitative estimate of drug-likeness (QED) is 0.515. The summed E-state index contributed by atoms with van der Waals surface area (Å²) in [5.74, 6) is -0.466. The van der Waals surface area contributed by atoms with E-state index in [9.17, 15) is 9.59 Å². The summed E-state index contributed by atoms with van der Waals surface area (Å²) in [6.07, 6.45) is -0.0716. The van der Waals surface area contributed by atoms with E-state index in [-0.39, 0.29) is 35.7 Å². The van der Waals surface area contributed by atoms with Gasteiger partial charge < -0.3 is 18.8 Å². The number of esters is 1. The highest BCUT2D eigenvalue weighted by Gasteiger charge is 2.26. The van der Waals surface area contributed by atoms with Crippen molar-refractivity contribution in [2.24, 2.45) is 0 Å². The third-order valence-electron chi connectivity index (χ3n) is 3.94. The number of amides is 1. The summed E-state index contributed by atoms with van der Waals surface area (Å²) >= 11 is 6.90. The third kappa shape index (κ3) is 5.70. The SMILES string of the molecule is CC1CN(C(=O)COC(=O)CSc2nnc(-c3ccc(Cl)cc3)o2)CC(C)O1. The lowest BCUT2D eigenvalue weighted by atomic mass is 10.2. The molecule has 1 aliphatic rings. The van der Waals surface area contributed by atoms with Gasteiger partial charge in [-0.15, -0.1) is 10.2 Å². The maximum atomic E-state index is 12.2. The smallest absolute Gasteiger partial charge is 0.316 e. The van der Waals surface area contributed by atoms with E-state index < -0.39 is 5.97 Å². The van der Waals surface area contributed by atoms with E-state index in [1.54, 1.807) is 29.2 Å². The van der Waals surface area contributed by atoms with Crippen LogP contribution in [-0.4, -0.2) is 64.6 Å². The number of morpholine rings is 1. The van der Waals surface area contributed by atoms with Crippen LogP contribution in [0.5, 0.6) is 0 Å². The van der Waals surface area contributed by atoms with Gasteiger partial charge in [-0.2, -0.15) is 0 Å². The van der Waals surface area contributed by atoms with Crippen molar-refractivity contribution in [3.63, 3.8) is 0 Å². The van der Waals surface area contributed by atoms with Gasteiger partial charge >= 0.3 is 5.97 Å². The van der Waals surface area contributed by atoms with E-state index in [2.05, 4.69) is 10.2 Å². The molecule has 2 aromatic rings. The Morgan fingerprint density at radius 1 is 1.21 bits per heavy atom. The number of thioether (sulfide) groups is 1. The van der Waals surface area contributed by atoms with Crippen LogP contribution in [0.1, 0.15) is 13.8 Å². The fourth-order valence-electron chi connectivity index (χ4n) is 2.75. The van der Waals surface area contributed by atoms with E-state index in [4.69, 9.17) is 25.5 Å². The predicted octanol–water partition coefficient (Wildman–Crippen LogP) is 2.66. The molecule has 1 aliphatic heterocycles. The first kappa shape index (κ1) is 20.6. The van der Waals surface area contributed by atoms with Crippen molar-refractivity contribution in [1.82, 2.24) is 15.1 Å². The summed E-state index contributed by atoms with van der Waals surface area (Å²) in [5, 5.41) is 8.67.